The minimum Gasteiger partial charge on any atom is -0.497 e. The molecule has 0 spiro atoms. The van der Waals surface area contributed by atoms with Crippen molar-refractivity contribution in [3.05, 3.63) is 53.1 Å². The summed E-state index contributed by atoms with van der Waals surface area (Å²) in [5, 5.41) is 3.22. The number of carbonyl (C=O) groups is 1. The van der Waals surface area contributed by atoms with E-state index in [1.54, 1.807) is 7.11 Å². The molecule has 1 amide bonds. The molecule has 0 aromatic heterocycles. The van der Waals surface area contributed by atoms with Crippen molar-refractivity contribution in [2.75, 3.05) is 12.4 Å². The summed E-state index contributed by atoms with van der Waals surface area (Å²) in [6, 6.07) is 12.0. The summed E-state index contributed by atoms with van der Waals surface area (Å²) in [6.45, 7) is 8.10. The van der Waals surface area contributed by atoms with Crippen LogP contribution in [-0.2, 0) is 10.2 Å². The van der Waals surface area contributed by atoms with Gasteiger partial charge in [-0.25, -0.2) is 0 Å². The van der Waals surface area contributed by atoms with Gasteiger partial charge in [0.15, 0.2) is 0 Å². The van der Waals surface area contributed by atoms with E-state index in [0.29, 0.717) is 0 Å². The monoisotopic (exact) mass is 395 g/mol. The fourth-order valence-electron chi connectivity index (χ4n) is 4.41. The number of aryl methyl sites for hydroxylation is 2. The first-order chi connectivity index (χ1) is 13.9. The van der Waals surface area contributed by atoms with E-state index >= 15 is 0 Å². The van der Waals surface area contributed by atoms with Crippen molar-refractivity contribution in [3.8, 4) is 11.5 Å². The number of rotatable bonds is 6. The Morgan fingerprint density at radius 3 is 2.10 bits per heavy atom. The first kappa shape index (κ1) is 21.2. The van der Waals surface area contributed by atoms with Crippen LogP contribution in [0, 0.1) is 13.8 Å². The Hall–Kier alpha value is -2.49. The van der Waals surface area contributed by atoms with Gasteiger partial charge in [0.25, 0.3) is 0 Å². The lowest BCUT2D eigenvalue weighted by atomic mass is 9.68. The number of nitrogens with one attached hydrogen (secondary N) is 1. The molecule has 2 aromatic carbocycles. The van der Waals surface area contributed by atoms with Crippen LogP contribution in [0.4, 0.5) is 5.69 Å². The summed E-state index contributed by atoms with van der Waals surface area (Å²) < 4.78 is 11.2. The maximum absolute atomic E-state index is 13.6. The molecule has 0 unspecified atom stereocenters. The lowest BCUT2D eigenvalue weighted by Crippen LogP contribution is -2.42. The van der Waals surface area contributed by atoms with Crippen molar-refractivity contribution in [1.82, 2.24) is 0 Å². The lowest BCUT2D eigenvalue weighted by Gasteiger charge is -2.36. The quantitative estimate of drug-likeness (QED) is 0.658. The van der Waals surface area contributed by atoms with E-state index in [1.807, 2.05) is 64.1 Å². The maximum atomic E-state index is 13.6. The zero-order valence-electron chi connectivity index (χ0n) is 18.3. The van der Waals surface area contributed by atoms with Gasteiger partial charge < -0.3 is 14.8 Å². The molecule has 0 aliphatic heterocycles. The van der Waals surface area contributed by atoms with Gasteiger partial charge in [0.1, 0.15) is 11.5 Å². The topological polar surface area (TPSA) is 47.6 Å². The predicted molar refractivity (Wildman–Crippen MR) is 118 cm³/mol. The fraction of sp³-hybridized carbons (Fsp3) is 0.480. The highest BCUT2D eigenvalue weighted by molar-refractivity contribution is 5.99. The van der Waals surface area contributed by atoms with Gasteiger partial charge in [-0.05, 0) is 81.5 Å². The Kier molecular flexibility index (Phi) is 6.51. The molecular weight excluding hydrogens is 362 g/mol. The van der Waals surface area contributed by atoms with Crippen LogP contribution in [-0.4, -0.2) is 19.1 Å². The third kappa shape index (κ3) is 4.58. The van der Waals surface area contributed by atoms with Crippen molar-refractivity contribution in [2.45, 2.75) is 71.3 Å². The van der Waals surface area contributed by atoms with Crippen LogP contribution >= 0.6 is 0 Å². The number of carbonyl (C=O) groups excluding carboxylic acids is 1. The summed E-state index contributed by atoms with van der Waals surface area (Å²) >= 11 is 0. The third-order valence-corrected chi connectivity index (χ3v) is 5.86. The van der Waals surface area contributed by atoms with Gasteiger partial charge in [-0.3, -0.25) is 4.79 Å². The SMILES string of the molecule is COc1ccc(C2(C(=O)Nc3cc(C)c(OC(C)C)c(C)c3)CCCCC2)cc1. The molecule has 1 aliphatic carbocycles. The van der Waals surface area contributed by atoms with Gasteiger partial charge in [-0.15, -0.1) is 0 Å². The molecular formula is C25H33NO3. The average Bonchev–Trinajstić information content (AvgIpc) is 2.71. The number of amides is 1. The van der Waals surface area contributed by atoms with E-state index in [1.165, 1.54) is 6.42 Å². The summed E-state index contributed by atoms with van der Waals surface area (Å²) in [4.78, 5) is 13.6. The van der Waals surface area contributed by atoms with E-state index in [0.717, 1.165) is 59.6 Å². The van der Waals surface area contributed by atoms with Crippen molar-refractivity contribution in [2.24, 2.45) is 0 Å². The molecule has 156 valence electrons. The number of benzene rings is 2. The average molecular weight is 396 g/mol. The van der Waals surface area contributed by atoms with Gasteiger partial charge in [0.2, 0.25) is 5.91 Å². The molecule has 1 saturated carbocycles. The summed E-state index contributed by atoms with van der Waals surface area (Å²) in [5.74, 6) is 1.80. The Balaban J connectivity index is 1.89. The second kappa shape index (κ2) is 8.89. The molecule has 1 aliphatic rings. The van der Waals surface area contributed by atoms with E-state index in [2.05, 4.69) is 5.32 Å². The molecule has 0 radical (unpaired) electrons. The molecule has 3 rings (SSSR count). The second-order valence-corrected chi connectivity index (χ2v) is 8.43. The molecule has 2 aromatic rings. The minimum atomic E-state index is -0.487. The highest BCUT2D eigenvalue weighted by atomic mass is 16.5. The van der Waals surface area contributed by atoms with Crippen molar-refractivity contribution in [3.63, 3.8) is 0 Å². The summed E-state index contributed by atoms with van der Waals surface area (Å²) in [5.41, 5.74) is 3.50. The Morgan fingerprint density at radius 1 is 1.00 bits per heavy atom. The van der Waals surface area contributed by atoms with Crippen LogP contribution in [0.5, 0.6) is 11.5 Å². The molecule has 0 saturated heterocycles. The standard InChI is InChI=1S/C25H33NO3/c1-17(2)29-23-18(3)15-21(16-19(23)4)26-24(27)25(13-7-6-8-14-25)20-9-11-22(28-5)12-10-20/h9-12,15-17H,6-8,13-14H2,1-5H3,(H,26,27). The highest BCUT2D eigenvalue weighted by Gasteiger charge is 2.41. The molecule has 1 N–H and O–H groups in total. The Morgan fingerprint density at radius 2 is 1.59 bits per heavy atom. The predicted octanol–water partition coefficient (Wildman–Crippen LogP) is 5.94. The molecule has 4 heteroatoms. The van der Waals surface area contributed by atoms with E-state index in [-0.39, 0.29) is 12.0 Å². The number of anilines is 1. The number of hydrogen-bond donors (Lipinski definition) is 1. The Bertz CT molecular complexity index is 826. The first-order valence-electron chi connectivity index (χ1n) is 10.6. The van der Waals surface area contributed by atoms with Crippen molar-refractivity contribution in [1.29, 1.82) is 0 Å². The minimum absolute atomic E-state index is 0.0821. The van der Waals surface area contributed by atoms with E-state index in [4.69, 9.17) is 9.47 Å². The normalized spacial score (nSPS) is 15.8. The van der Waals surface area contributed by atoms with Crippen LogP contribution in [0.15, 0.2) is 36.4 Å². The van der Waals surface area contributed by atoms with Gasteiger partial charge in [0.05, 0.1) is 18.6 Å². The van der Waals surface area contributed by atoms with Crippen molar-refractivity contribution >= 4 is 11.6 Å². The summed E-state index contributed by atoms with van der Waals surface area (Å²) in [7, 11) is 1.66. The highest BCUT2D eigenvalue weighted by Crippen LogP contribution is 2.41. The maximum Gasteiger partial charge on any atom is 0.235 e. The molecule has 1 fully saturated rings. The van der Waals surface area contributed by atoms with Crippen LogP contribution < -0.4 is 14.8 Å². The van der Waals surface area contributed by atoms with Crippen LogP contribution in [0.2, 0.25) is 0 Å². The van der Waals surface area contributed by atoms with Crippen LogP contribution in [0.25, 0.3) is 0 Å². The molecule has 0 atom stereocenters. The second-order valence-electron chi connectivity index (χ2n) is 8.43. The zero-order chi connectivity index (χ0) is 21.0. The van der Waals surface area contributed by atoms with Gasteiger partial charge in [-0.1, -0.05) is 31.4 Å². The first-order valence-corrected chi connectivity index (χ1v) is 10.6. The fourth-order valence-corrected chi connectivity index (χ4v) is 4.41. The third-order valence-electron chi connectivity index (χ3n) is 5.86. The van der Waals surface area contributed by atoms with E-state index in [9.17, 15) is 4.79 Å². The number of hydrogen-bond acceptors (Lipinski definition) is 3. The van der Waals surface area contributed by atoms with E-state index < -0.39 is 5.41 Å². The smallest absolute Gasteiger partial charge is 0.235 e. The number of ether oxygens (including phenoxy) is 2. The summed E-state index contributed by atoms with van der Waals surface area (Å²) in [6.07, 6.45) is 5.19. The lowest BCUT2D eigenvalue weighted by molar-refractivity contribution is -0.122. The molecule has 0 heterocycles. The van der Waals surface area contributed by atoms with Crippen LogP contribution in [0.1, 0.15) is 62.6 Å². The Labute approximate surface area is 174 Å². The van der Waals surface area contributed by atoms with Gasteiger partial charge in [0, 0.05) is 5.69 Å². The molecule has 0 bridgehead atoms. The number of methoxy groups -OCH3 is 1. The molecule has 29 heavy (non-hydrogen) atoms. The zero-order valence-corrected chi connectivity index (χ0v) is 18.3. The van der Waals surface area contributed by atoms with Crippen molar-refractivity contribution < 1.29 is 14.3 Å². The van der Waals surface area contributed by atoms with Crippen LogP contribution in [0.3, 0.4) is 0 Å². The largest absolute Gasteiger partial charge is 0.497 e. The van der Waals surface area contributed by atoms with Gasteiger partial charge in [-0.2, -0.15) is 0 Å². The van der Waals surface area contributed by atoms with Gasteiger partial charge >= 0.3 is 0 Å². The molecule has 4 nitrogen and oxygen atoms in total.